The van der Waals surface area contributed by atoms with Crippen LogP contribution in [0.4, 0.5) is 0 Å². The number of hydrogen-bond acceptors (Lipinski definition) is 3. The van der Waals surface area contributed by atoms with Gasteiger partial charge in [-0.25, -0.2) is 0 Å². The Labute approximate surface area is 106 Å². The standard InChI is InChI=1S/C10H9IOS2/c1-2-12-8-3-6(11)4-9-7(8)5-10(13)14-9/h3-5,13H,2H2,1H3. The first-order valence-corrected chi connectivity index (χ1v) is 6.60. The zero-order valence-corrected chi connectivity index (χ0v) is 11.4. The molecule has 0 fully saturated rings. The predicted molar refractivity (Wildman–Crippen MR) is 73.0 cm³/mol. The number of thiophene rings is 1. The number of thiol groups is 1. The fourth-order valence-electron chi connectivity index (χ4n) is 1.34. The van der Waals surface area contributed by atoms with Crippen molar-refractivity contribution in [3.63, 3.8) is 0 Å². The third-order valence-corrected chi connectivity index (χ3v) is 3.76. The van der Waals surface area contributed by atoms with Crippen molar-refractivity contribution in [2.75, 3.05) is 6.61 Å². The summed E-state index contributed by atoms with van der Waals surface area (Å²) < 4.78 is 9.06. The minimum atomic E-state index is 0.701. The Morgan fingerprint density at radius 2 is 2.21 bits per heavy atom. The van der Waals surface area contributed by atoms with E-state index in [1.54, 1.807) is 11.3 Å². The van der Waals surface area contributed by atoms with Crippen LogP contribution in [0, 0.1) is 3.57 Å². The molecule has 0 bridgehead atoms. The van der Waals surface area contributed by atoms with Gasteiger partial charge in [0.05, 0.1) is 10.8 Å². The minimum Gasteiger partial charge on any atom is -0.493 e. The van der Waals surface area contributed by atoms with Gasteiger partial charge in [0, 0.05) is 13.7 Å². The maximum atomic E-state index is 5.58. The average Bonchev–Trinajstić information content (AvgIpc) is 2.45. The van der Waals surface area contributed by atoms with Crippen LogP contribution in [0.2, 0.25) is 0 Å². The molecule has 0 aliphatic carbocycles. The molecule has 4 heteroatoms. The number of ether oxygens (including phenoxy) is 1. The molecule has 1 nitrogen and oxygen atoms in total. The van der Waals surface area contributed by atoms with Crippen molar-refractivity contribution in [3.05, 3.63) is 21.8 Å². The lowest BCUT2D eigenvalue weighted by atomic mass is 10.2. The summed E-state index contributed by atoms with van der Waals surface area (Å²) in [6, 6.07) is 6.28. The van der Waals surface area contributed by atoms with Crippen molar-refractivity contribution in [1.82, 2.24) is 0 Å². The Balaban J connectivity index is 2.66. The summed E-state index contributed by atoms with van der Waals surface area (Å²) in [5, 5.41) is 1.17. The Kier molecular flexibility index (Phi) is 3.23. The summed E-state index contributed by atoms with van der Waals surface area (Å²) >= 11 is 8.34. The van der Waals surface area contributed by atoms with Crippen molar-refractivity contribution in [2.45, 2.75) is 11.1 Å². The van der Waals surface area contributed by atoms with E-state index in [4.69, 9.17) is 4.74 Å². The first-order valence-electron chi connectivity index (χ1n) is 4.25. The highest BCUT2D eigenvalue weighted by Crippen LogP contribution is 2.36. The molecule has 2 aromatic rings. The second kappa shape index (κ2) is 4.28. The summed E-state index contributed by atoms with van der Waals surface area (Å²) in [4.78, 5) is 0. The lowest BCUT2D eigenvalue weighted by molar-refractivity contribution is 0.344. The minimum absolute atomic E-state index is 0.701. The monoisotopic (exact) mass is 336 g/mol. The average molecular weight is 336 g/mol. The van der Waals surface area contributed by atoms with Crippen LogP contribution in [0.5, 0.6) is 5.75 Å². The van der Waals surface area contributed by atoms with Crippen molar-refractivity contribution >= 4 is 56.6 Å². The smallest absolute Gasteiger partial charge is 0.129 e. The first-order chi connectivity index (χ1) is 6.70. The highest BCUT2D eigenvalue weighted by atomic mass is 127. The number of hydrogen-bond donors (Lipinski definition) is 1. The maximum absolute atomic E-state index is 5.58. The van der Waals surface area contributed by atoms with Crippen LogP contribution in [0.3, 0.4) is 0 Å². The molecule has 0 N–H and O–H groups in total. The zero-order chi connectivity index (χ0) is 10.1. The van der Waals surface area contributed by atoms with Crippen LogP contribution in [0.15, 0.2) is 22.4 Å². The first kappa shape index (κ1) is 10.6. The summed E-state index contributed by atoms with van der Waals surface area (Å²) in [5.74, 6) is 0.964. The van der Waals surface area contributed by atoms with Crippen molar-refractivity contribution in [2.24, 2.45) is 0 Å². The molecule has 0 radical (unpaired) electrons. The number of fused-ring (bicyclic) bond motifs is 1. The van der Waals surface area contributed by atoms with E-state index in [9.17, 15) is 0 Å². The van der Waals surface area contributed by atoms with E-state index in [0.29, 0.717) is 6.61 Å². The molecule has 0 saturated carbocycles. The highest BCUT2D eigenvalue weighted by molar-refractivity contribution is 14.1. The molecule has 0 spiro atoms. The fraction of sp³-hybridized carbons (Fsp3) is 0.200. The normalized spacial score (nSPS) is 10.8. The van der Waals surface area contributed by atoms with Crippen LogP contribution in [-0.4, -0.2) is 6.61 Å². The van der Waals surface area contributed by atoms with Gasteiger partial charge in [0.15, 0.2) is 0 Å². The fourth-order valence-corrected chi connectivity index (χ4v) is 3.42. The van der Waals surface area contributed by atoms with E-state index in [2.05, 4.69) is 53.4 Å². The van der Waals surface area contributed by atoms with Crippen molar-refractivity contribution < 1.29 is 4.74 Å². The lowest BCUT2D eigenvalue weighted by Crippen LogP contribution is -1.91. The summed E-state index contributed by atoms with van der Waals surface area (Å²) in [6.07, 6.45) is 0. The van der Waals surface area contributed by atoms with Gasteiger partial charge in [-0.3, -0.25) is 0 Å². The van der Waals surface area contributed by atoms with E-state index in [-0.39, 0.29) is 0 Å². The second-order valence-electron chi connectivity index (χ2n) is 2.83. The van der Waals surface area contributed by atoms with E-state index in [1.165, 1.54) is 13.7 Å². The van der Waals surface area contributed by atoms with Gasteiger partial charge in [0.25, 0.3) is 0 Å². The summed E-state index contributed by atoms with van der Waals surface area (Å²) in [7, 11) is 0. The molecule has 74 valence electrons. The molecule has 2 rings (SSSR count). The van der Waals surface area contributed by atoms with Crippen molar-refractivity contribution in [3.8, 4) is 5.75 Å². The number of benzene rings is 1. The molecule has 1 aromatic carbocycles. The molecular weight excluding hydrogens is 327 g/mol. The van der Waals surface area contributed by atoms with Gasteiger partial charge < -0.3 is 4.74 Å². The van der Waals surface area contributed by atoms with Gasteiger partial charge >= 0.3 is 0 Å². The quantitative estimate of drug-likeness (QED) is 0.639. The van der Waals surface area contributed by atoms with E-state index in [0.717, 1.165) is 9.96 Å². The van der Waals surface area contributed by atoms with Crippen LogP contribution in [-0.2, 0) is 0 Å². The molecule has 0 saturated heterocycles. The molecule has 1 aromatic heterocycles. The Hall–Kier alpha value is 0.0600. The van der Waals surface area contributed by atoms with Crippen LogP contribution < -0.4 is 4.74 Å². The second-order valence-corrected chi connectivity index (χ2v) is 5.95. The molecule has 0 aliphatic heterocycles. The zero-order valence-electron chi connectivity index (χ0n) is 7.58. The highest BCUT2D eigenvalue weighted by Gasteiger charge is 2.06. The van der Waals surface area contributed by atoms with Gasteiger partial charge in [-0.2, -0.15) is 0 Å². The van der Waals surface area contributed by atoms with Crippen molar-refractivity contribution in [1.29, 1.82) is 0 Å². The molecule has 0 unspecified atom stereocenters. The third-order valence-electron chi connectivity index (χ3n) is 1.85. The topological polar surface area (TPSA) is 9.23 Å². The van der Waals surface area contributed by atoms with Crippen LogP contribution in [0.1, 0.15) is 6.92 Å². The number of rotatable bonds is 2. The predicted octanol–water partition coefficient (Wildman–Crippen LogP) is 4.19. The van der Waals surface area contributed by atoms with Gasteiger partial charge in [-0.15, -0.1) is 24.0 Å². The molecule has 1 heterocycles. The maximum Gasteiger partial charge on any atom is 0.129 e. The van der Waals surface area contributed by atoms with Gasteiger partial charge in [-0.05, 0) is 47.7 Å². The molecule has 0 amide bonds. The Bertz CT molecular complexity index is 464. The summed E-state index contributed by atoms with van der Waals surface area (Å²) in [6.45, 7) is 2.70. The summed E-state index contributed by atoms with van der Waals surface area (Å²) in [5.41, 5.74) is 0. The van der Waals surface area contributed by atoms with E-state index in [1.807, 2.05) is 6.92 Å². The van der Waals surface area contributed by atoms with Gasteiger partial charge in [0.2, 0.25) is 0 Å². The Morgan fingerprint density at radius 1 is 1.43 bits per heavy atom. The molecule has 14 heavy (non-hydrogen) atoms. The van der Waals surface area contributed by atoms with Crippen LogP contribution >= 0.6 is 46.6 Å². The SMILES string of the molecule is CCOc1cc(I)cc2sc(S)cc12. The molecule has 0 atom stereocenters. The van der Waals surface area contributed by atoms with E-state index >= 15 is 0 Å². The molecule has 0 aliphatic rings. The number of halogens is 1. The largest absolute Gasteiger partial charge is 0.493 e. The molecular formula is C10H9IOS2. The lowest BCUT2D eigenvalue weighted by Gasteiger charge is -2.04. The Morgan fingerprint density at radius 3 is 2.93 bits per heavy atom. The van der Waals surface area contributed by atoms with Gasteiger partial charge in [-0.1, -0.05) is 0 Å². The van der Waals surface area contributed by atoms with Crippen LogP contribution in [0.25, 0.3) is 10.1 Å². The van der Waals surface area contributed by atoms with Gasteiger partial charge in [0.1, 0.15) is 5.75 Å². The van der Waals surface area contributed by atoms with E-state index < -0.39 is 0 Å². The third kappa shape index (κ3) is 2.01.